The number of aliphatic hydroxyl groups is 1. The van der Waals surface area contributed by atoms with Crippen molar-refractivity contribution in [3.05, 3.63) is 17.5 Å². The van der Waals surface area contributed by atoms with Crippen molar-refractivity contribution in [2.45, 2.75) is 45.8 Å². The van der Waals surface area contributed by atoms with Gasteiger partial charge >= 0.3 is 0 Å². The summed E-state index contributed by atoms with van der Waals surface area (Å²) >= 11 is 0. The maximum Gasteiger partial charge on any atom is 0.0636 e. The molecule has 0 aliphatic carbocycles. The minimum atomic E-state index is -0.310. The van der Waals surface area contributed by atoms with Gasteiger partial charge in [-0.2, -0.15) is 5.10 Å². The van der Waals surface area contributed by atoms with Crippen molar-refractivity contribution in [2.75, 3.05) is 6.54 Å². The zero-order valence-corrected chi connectivity index (χ0v) is 9.96. The standard InChI is InChI=1S/C11H21N3O/c1-8(15)5-12-6-9-7-13-14-10(9)11(2,3)4/h7-8,12,15H,5-6H2,1-4H3,(H,13,14)/t8-/m0/s1. The molecule has 1 aromatic rings. The Kier molecular flexibility index (Phi) is 3.88. The molecule has 0 radical (unpaired) electrons. The van der Waals surface area contributed by atoms with Gasteiger partial charge in [0, 0.05) is 29.8 Å². The fraction of sp³-hybridized carbons (Fsp3) is 0.727. The molecule has 0 bridgehead atoms. The first kappa shape index (κ1) is 12.2. The summed E-state index contributed by atoms with van der Waals surface area (Å²) in [5.74, 6) is 0. The molecular weight excluding hydrogens is 190 g/mol. The van der Waals surface area contributed by atoms with Crippen LogP contribution in [-0.4, -0.2) is 28.0 Å². The van der Waals surface area contributed by atoms with Crippen LogP contribution < -0.4 is 5.32 Å². The lowest BCUT2D eigenvalue weighted by Gasteiger charge is -2.18. The topological polar surface area (TPSA) is 60.9 Å². The van der Waals surface area contributed by atoms with E-state index >= 15 is 0 Å². The van der Waals surface area contributed by atoms with Crippen molar-refractivity contribution in [3.8, 4) is 0 Å². The Hall–Kier alpha value is -0.870. The summed E-state index contributed by atoms with van der Waals surface area (Å²) in [4.78, 5) is 0. The normalized spacial score (nSPS) is 14.2. The van der Waals surface area contributed by atoms with Crippen LogP contribution in [0.4, 0.5) is 0 Å². The molecule has 0 aliphatic heterocycles. The van der Waals surface area contributed by atoms with E-state index in [9.17, 15) is 0 Å². The van der Waals surface area contributed by atoms with E-state index in [0.717, 1.165) is 12.2 Å². The monoisotopic (exact) mass is 211 g/mol. The van der Waals surface area contributed by atoms with Crippen LogP contribution in [0.1, 0.15) is 39.0 Å². The van der Waals surface area contributed by atoms with Crippen LogP contribution in [0.15, 0.2) is 6.20 Å². The van der Waals surface area contributed by atoms with E-state index < -0.39 is 0 Å². The fourth-order valence-corrected chi connectivity index (χ4v) is 1.51. The van der Waals surface area contributed by atoms with Crippen molar-refractivity contribution in [2.24, 2.45) is 0 Å². The highest BCUT2D eigenvalue weighted by Gasteiger charge is 2.19. The summed E-state index contributed by atoms with van der Waals surface area (Å²) in [5, 5.41) is 19.4. The number of hydrogen-bond acceptors (Lipinski definition) is 3. The summed E-state index contributed by atoms with van der Waals surface area (Å²) < 4.78 is 0. The Balaban J connectivity index is 2.58. The van der Waals surface area contributed by atoms with Crippen LogP contribution in [0.3, 0.4) is 0 Å². The molecule has 4 nitrogen and oxygen atoms in total. The van der Waals surface area contributed by atoms with Crippen LogP contribution in [-0.2, 0) is 12.0 Å². The lowest BCUT2D eigenvalue weighted by atomic mass is 9.89. The second-order valence-electron chi connectivity index (χ2n) is 5.00. The number of aliphatic hydroxyl groups excluding tert-OH is 1. The number of rotatable bonds is 4. The largest absolute Gasteiger partial charge is 0.392 e. The van der Waals surface area contributed by atoms with Crippen molar-refractivity contribution in [3.63, 3.8) is 0 Å². The van der Waals surface area contributed by atoms with Crippen LogP contribution in [0.25, 0.3) is 0 Å². The molecule has 4 heteroatoms. The highest BCUT2D eigenvalue weighted by Crippen LogP contribution is 2.22. The molecule has 0 aromatic carbocycles. The molecule has 0 spiro atoms. The first-order valence-electron chi connectivity index (χ1n) is 5.32. The van der Waals surface area contributed by atoms with E-state index in [1.54, 1.807) is 6.92 Å². The van der Waals surface area contributed by atoms with E-state index in [1.165, 1.54) is 5.56 Å². The van der Waals surface area contributed by atoms with Crippen molar-refractivity contribution >= 4 is 0 Å². The SMILES string of the molecule is C[C@H](O)CNCc1cn[nH]c1C(C)(C)C. The van der Waals surface area contributed by atoms with Gasteiger partial charge in [-0.15, -0.1) is 0 Å². The van der Waals surface area contributed by atoms with Gasteiger partial charge in [0.25, 0.3) is 0 Å². The highest BCUT2D eigenvalue weighted by atomic mass is 16.3. The summed E-state index contributed by atoms with van der Waals surface area (Å²) in [6.07, 6.45) is 1.53. The second kappa shape index (κ2) is 4.77. The first-order valence-corrected chi connectivity index (χ1v) is 5.32. The molecule has 1 aromatic heterocycles. The molecule has 0 fully saturated rings. The molecule has 0 unspecified atom stereocenters. The number of nitrogens with zero attached hydrogens (tertiary/aromatic N) is 1. The van der Waals surface area contributed by atoms with Gasteiger partial charge < -0.3 is 10.4 Å². The Morgan fingerprint density at radius 3 is 2.73 bits per heavy atom. The molecule has 86 valence electrons. The van der Waals surface area contributed by atoms with Gasteiger partial charge in [-0.05, 0) is 6.92 Å². The predicted octanol–water partition coefficient (Wildman–Crippen LogP) is 1.18. The molecule has 0 saturated heterocycles. The van der Waals surface area contributed by atoms with E-state index in [2.05, 4.69) is 36.3 Å². The molecule has 15 heavy (non-hydrogen) atoms. The molecule has 1 heterocycles. The van der Waals surface area contributed by atoms with Gasteiger partial charge in [0.2, 0.25) is 0 Å². The second-order valence-corrected chi connectivity index (χ2v) is 5.00. The molecule has 3 N–H and O–H groups in total. The lowest BCUT2D eigenvalue weighted by Crippen LogP contribution is -2.25. The molecule has 0 saturated carbocycles. The van der Waals surface area contributed by atoms with Gasteiger partial charge in [0.1, 0.15) is 0 Å². The number of H-pyrrole nitrogens is 1. The third kappa shape index (κ3) is 3.64. The van der Waals surface area contributed by atoms with Gasteiger partial charge in [-0.3, -0.25) is 5.10 Å². The Bertz CT molecular complexity index is 299. The van der Waals surface area contributed by atoms with Crippen LogP contribution >= 0.6 is 0 Å². The fourth-order valence-electron chi connectivity index (χ4n) is 1.51. The minimum absolute atomic E-state index is 0.0817. The van der Waals surface area contributed by atoms with Crippen molar-refractivity contribution in [1.29, 1.82) is 0 Å². The molecule has 1 atom stereocenters. The first-order chi connectivity index (χ1) is 6.91. The average molecular weight is 211 g/mol. The zero-order valence-electron chi connectivity index (χ0n) is 9.96. The van der Waals surface area contributed by atoms with E-state index in [0.29, 0.717) is 6.54 Å². The molecule has 1 rings (SSSR count). The Labute approximate surface area is 91.1 Å². The van der Waals surface area contributed by atoms with E-state index in [4.69, 9.17) is 5.11 Å². The molecule has 0 amide bonds. The summed E-state index contributed by atoms with van der Waals surface area (Å²) in [7, 11) is 0. The zero-order chi connectivity index (χ0) is 11.5. The summed E-state index contributed by atoms with van der Waals surface area (Å²) in [5.41, 5.74) is 2.40. The maximum absolute atomic E-state index is 9.12. The number of nitrogens with one attached hydrogen (secondary N) is 2. The minimum Gasteiger partial charge on any atom is -0.392 e. The third-order valence-electron chi connectivity index (χ3n) is 2.22. The van der Waals surface area contributed by atoms with E-state index in [1.807, 2.05) is 6.20 Å². The Morgan fingerprint density at radius 2 is 2.20 bits per heavy atom. The average Bonchev–Trinajstić information content (AvgIpc) is 2.50. The van der Waals surface area contributed by atoms with E-state index in [-0.39, 0.29) is 11.5 Å². The van der Waals surface area contributed by atoms with Gasteiger partial charge in [0.05, 0.1) is 12.3 Å². The van der Waals surface area contributed by atoms with Gasteiger partial charge in [-0.1, -0.05) is 20.8 Å². The Morgan fingerprint density at radius 1 is 1.53 bits per heavy atom. The summed E-state index contributed by atoms with van der Waals surface area (Å²) in [6.45, 7) is 9.58. The number of aromatic nitrogens is 2. The van der Waals surface area contributed by atoms with Gasteiger partial charge in [-0.25, -0.2) is 0 Å². The highest BCUT2D eigenvalue weighted by molar-refractivity contribution is 5.23. The van der Waals surface area contributed by atoms with Crippen molar-refractivity contribution < 1.29 is 5.11 Å². The maximum atomic E-state index is 9.12. The lowest BCUT2D eigenvalue weighted by molar-refractivity contribution is 0.191. The van der Waals surface area contributed by atoms with Crippen LogP contribution in [0, 0.1) is 0 Å². The molecular formula is C11H21N3O. The van der Waals surface area contributed by atoms with Crippen LogP contribution in [0.5, 0.6) is 0 Å². The smallest absolute Gasteiger partial charge is 0.0636 e. The number of hydrogen-bond donors (Lipinski definition) is 3. The predicted molar refractivity (Wildman–Crippen MR) is 60.7 cm³/mol. The van der Waals surface area contributed by atoms with Crippen LogP contribution in [0.2, 0.25) is 0 Å². The summed E-state index contributed by atoms with van der Waals surface area (Å²) in [6, 6.07) is 0. The molecule has 0 aliphatic rings. The van der Waals surface area contributed by atoms with Crippen molar-refractivity contribution in [1.82, 2.24) is 15.5 Å². The quantitative estimate of drug-likeness (QED) is 0.701. The third-order valence-corrected chi connectivity index (χ3v) is 2.22. The van der Waals surface area contributed by atoms with Gasteiger partial charge in [0.15, 0.2) is 0 Å². The number of aromatic amines is 1.